The Kier molecular flexibility index (Phi) is 10.6. The maximum atomic E-state index is 14.2. The number of carbonyl (C=O) groups is 1. The van der Waals surface area contributed by atoms with E-state index in [-0.39, 0.29) is 13.2 Å². The molecule has 2 amide bonds. The van der Waals surface area contributed by atoms with E-state index in [1.54, 1.807) is 24.3 Å². The van der Waals surface area contributed by atoms with Crippen LogP contribution >= 0.6 is 0 Å². The predicted octanol–water partition coefficient (Wildman–Crippen LogP) is 6.15. The lowest BCUT2D eigenvalue weighted by Crippen LogP contribution is -2.37. The van der Waals surface area contributed by atoms with Gasteiger partial charge in [-0.1, -0.05) is 38.5 Å². The quantitative estimate of drug-likeness (QED) is 0.133. The van der Waals surface area contributed by atoms with Crippen molar-refractivity contribution in [1.29, 1.82) is 10.8 Å². The molecule has 0 aliphatic rings. The second-order valence-electron chi connectivity index (χ2n) is 10.4. The number of aryl methyl sites for hydroxylation is 1. The van der Waals surface area contributed by atoms with Gasteiger partial charge in [-0.3, -0.25) is 5.32 Å². The minimum atomic E-state index is -0.557. The summed E-state index contributed by atoms with van der Waals surface area (Å²) >= 11 is 0. The molecule has 0 saturated carbocycles. The van der Waals surface area contributed by atoms with Gasteiger partial charge in [-0.05, 0) is 55.5 Å². The van der Waals surface area contributed by atoms with Gasteiger partial charge in [-0.25, -0.2) is 9.18 Å². The van der Waals surface area contributed by atoms with E-state index in [4.69, 9.17) is 20.7 Å². The normalized spacial score (nSPS) is 11.4. The number of benzene rings is 3. The number of hydrogen-bond donors (Lipinski definition) is 7. The van der Waals surface area contributed by atoms with E-state index in [1.165, 1.54) is 24.4 Å². The Hall–Kier alpha value is -4.70. The number of allylic oxidation sites excluding steroid dienone is 1. The van der Waals surface area contributed by atoms with Crippen LogP contribution in [-0.2, 0) is 6.54 Å². The van der Waals surface area contributed by atoms with Gasteiger partial charge in [0.15, 0.2) is 0 Å². The molecule has 10 heteroatoms. The number of rotatable bonds is 12. The van der Waals surface area contributed by atoms with Crippen LogP contribution in [-0.4, -0.2) is 36.2 Å². The molecule has 3 rings (SSSR count). The van der Waals surface area contributed by atoms with Gasteiger partial charge in [0.1, 0.15) is 23.1 Å². The van der Waals surface area contributed by atoms with Crippen LogP contribution in [0.15, 0.2) is 72.6 Å². The minimum Gasteiger partial charge on any atom is -0.457 e. The molecule has 9 nitrogen and oxygen atoms in total. The summed E-state index contributed by atoms with van der Waals surface area (Å²) in [4.78, 5) is 12.9. The summed E-state index contributed by atoms with van der Waals surface area (Å²) in [5.74, 6) is 0.583. The lowest BCUT2D eigenvalue weighted by atomic mass is 9.90. The lowest BCUT2D eigenvalue weighted by Gasteiger charge is -2.20. The maximum absolute atomic E-state index is 14.2. The average molecular weight is 561 g/mol. The summed E-state index contributed by atoms with van der Waals surface area (Å²) in [6.07, 6.45) is 2.73. The van der Waals surface area contributed by atoms with Gasteiger partial charge in [0.05, 0.1) is 6.61 Å². The fraction of sp³-hybridized carbons (Fsp3) is 0.258. The molecule has 0 fully saturated rings. The molecule has 0 spiro atoms. The summed E-state index contributed by atoms with van der Waals surface area (Å²) in [5, 5.41) is 36.8. The van der Waals surface area contributed by atoms with Crippen LogP contribution in [0, 0.1) is 29.0 Å². The Bertz CT molecular complexity index is 1410. The first-order valence-corrected chi connectivity index (χ1v) is 13.1. The Morgan fingerprint density at radius 1 is 1.07 bits per heavy atom. The van der Waals surface area contributed by atoms with E-state index in [2.05, 4.69) is 21.3 Å². The van der Waals surface area contributed by atoms with E-state index < -0.39 is 17.3 Å². The number of carbonyl (C=O) groups excluding carboxylic acids is 1. The fourth-order valence-electron chi connectivity index (χ4n) is 3.59. The third kappa shape index (κ3) is 9.47. The zero-order chi connectivity index (χ0) is 30.0. The van der Waals surface area contributed by atoms with Crippen LogP contribution in [0.4, 0.5) is 20.6 Å². The molecule has 3 aromatic rings. The van der Waals surface area contributed by atoms with E-state index >= 15 is 0 Å². The maximum Gasteiger partial charge on any atom is 0.320 e. The monoisotopic (exact) mass is 560 g/mol. The van der Waals surface area contributed by atoms with Crippen LogP contribution in [0.2, 0.25) is 0 Å². The molecule has 0 heterocycles. The molecule has 3 aromatic carbocycles. The van der Waals surface area contributed by atoms with Gasteiger partial charge < -0.3 is 36.6 Å². The van der Waals surface area contributed by atoms with E-state index in [0.717, 1.165) is 11.3 Å². The fourth-order valence-corrected chi connectivity index (χ4v) is 3.59. The molecule has 0 radical (unpaired) electrons. The van der Waals surface area contributed by atoms with E-state index in [9.17, 15) is 9.18 Å². The zero-order valence-electron chi connectivity index (χ0n) is 23.7. The molecular weight excluding hydrogens is 523 g/mol. The van der Waals surface area contributed by atoms with Crippen molar-refractivity contribution in [2.45, 2.75) is 34.2 Å². The molecule has 216 valence electrons. The second kappa shape index (κ2) is 14.1. The van der Waals surface area contributed by atoms with Gasteiger partial charge >= 0.3 is 6.03 Å². The molecular formula is C31H37FN6O3. The molecule has 0 aliphatic heterocycles. The molecule has 0 bridgehead atoms. The van der Waals surface area contributed by atoms with Crippen LogP contribution in [0.1, 0.15) is 37.5 Å². The van der Waals surface area contributed by atoms with Gasteiger partial charge in [-0.15, -0.1) is 0 Å². The van der Waals surface area contributed by atoms with Crippen LogP contribution in [0.3, 0.4) is 0 Å². The van der Waals surface area contributed by atoms with Crippen molar-refractivity contribution in [3.8, 4) is 11.5 Å². The highest BCUT2D eigenvalue weighted by molar-refractivity contribution is 5.97. The smallest absolute Gasteiger partial charge is 0.320 e. The Morgan fingerprint density at radius 3 is 2.46 bits per heavy atom. The summed E-state index contributed by atoms with van der Waals surface area (Å²) < 4.78 is 20.1. The van der Waals surface area contributed by atoms with E-state index in [0.29, 0.717) is 46.4 Å². The number of nitrogens with one attached hydrogen (secondary N) is 6. The molecule has 0 aliphatic carbocycles. The van der Waals surface area contributed by atoms with Gasteiger partial charge in [0.2, 0.25) is 0 Å². The number of urea groups is 1. The van der Waals surface area contributed by atoms with Crippen molar-refractivity contribution in [3.05, 3.63) is 95.1 Å². The minimum absolute atomic E-state index is 0.0407. The summed E-state index contributed by atoms with van der Waals surface area (Å²) in [6, 6.07) is 16.1. The number of aliphatic hydroxyl groups excluding tert-OH is 1. The largest absolute Gasteiger partial charge is 0.457 e. The van der Waals surface area contributed by atoms with Crippen molar-refractivity contribution in [3.63, 3.8) is 0 Å². The first-order chi connectivity index (χ1) is 19.5. The van der Waals surface area contributed by atoms with Crippen molar-refractivity contribution in [1.82, 2.24) is 10.6 Å². The van der Waals surface area contributed by atoms with Gasteiger partial charge in [0, 0.05) is 59.0 Å². The van der Waals surface area contributed by atoms with Crippen LogP contribution in [0.5, 0.6) is 11.5 Å². The Labute approximate surface area is 239 Å². The van der Waals surface area contributed by atoms with Gasteiger partial charge in [0.25, 0.3) is 0 Å². The molecule has 0 aromatic heterocycles. The first-order valence-electron chi connectivity index (χ1n) is 13.1. The summed E-state index contributed by atoms with van der Waals surface area (Å²) in [6.45, 7) is 7.95. The number of ether oxygens (including phenoxy) is 1. The average Bonchev–Trinajstić information content (AvgIpc) is 2.93. The second-order valence-corrected chi connectivity index (χ2v) is 10.4. The number of amides is 2. The number of halogens is 1. The molecule has 41 heavy (non-hydrogen) atoms. The molecule has 7 N–H and O–H groups in total. The zero-order valence-corrected chi connectivity index (χ0v) is 23.7. The van der Waals surface area contributed by atoms with Crippen LogP contribution < -0.4 is 26.0 Å². The SMILES string of the molecule is Cc1ccc(N/C(=C\C(=N)C(C)(C)C)NC(=O)NCc2cc(F)ccc2Oc2ccc(NCCO)c(C=N)c2)cc1. The first kappa shape index (κ1) is 30.8. The van der Waals surface area contributed by atoms with E-state index in [1.807, 2.05) is 52.0 Å². The van der Waals surface area contributed by atoms with Crippen molar-refractivity contribution in [2.24, 2.45) is 5.41 Å². The Balaban J connectivity index is 1.75. The molecule has 0 atom stereocenters. The number of hydrogen-bond acceptors (Lipinski definition) is 7. The molecule has 0 saturated heterocycles. The number of anilines is 2. The van der Waals surface area contributed by atoms with Crippen molar-refractivity contribution < 1.29 is 19.0 Å². The van der Waals surface area contributed by atoms with Crippen LogP contribution in [0.25, 0.3) is 0 Å². The standard InChI is InChI=1S/C31H37FN6O3/c1-20-5-8-24(9-6-20)37-29(17-28(34)31(2,3)4)38-30(40)36-19-22-15-23(32)7-12-27(22)41-25-10-11-26(35-13-14-39)21(16-25)18-33/h5-12,15-18,33-35,37,39H,13-14,19H2,1-4H3,(H2,36,38,40)/b29-17+,33-18?,34-28?. The predicted molar refractivity (Wildman–Crippen MR) is 162 cm³/mol. The van der Waals surface area contributed by atoms with Crippen molar-refractivity contribution in [2.75, 3.05) is 23.8 Å². The Morgan fingerprint density at radius 2 is 1.80 bits per heavy atom. The van der Waals surface area contributed by atoms with Gasteiger partial charge in [-0.2, -0.15) is 0 Å². The topological polar surface area (TPSA) is 142 Å². The molecule has 0 unspecified atom stereocenters. The third-order valence-corrected chi connectivity index (χ3v) is 5.97. The van der Waals surface area contributed by atoms with Crippen molar-refractivity contribution >= 4 is 29.3 Å². The highest BCUT2D eigenvalue weighted by atomic mass is 19.1. The summed E-state index contributed by atoms with van der Waals surface area (Å²) in [5.41, 5.74) is 3.34. The highest BCUT2D eigenvalue weighted by Gasteiger charge is 2.17. The highest BCUT2D eigenvalue weighted by Crippen LogP contribution is 2.29. The number of aliphatic hydroxyl groups is 1. The third-order valence-electron chi connectivity index (χ3n) is 5.97. The summed E-state index contributed by atoms with van der Waals surface area (Å²) in [7, 11) is 0. The lowest BCUT2D eigenvalue weighted by molar-refractivity contribution is 0.243.